The van der Waals surface area contributed by atoms with Crippen molar-refractivity contribution >= 4 is 32.5 Å². The Morgan fingerprint density at radius 2 is 1.95 bits per heavy atom. The van der Waals surface area contributed by atoms with Gasteiger partial charge in [0.05, 0.1) is 10.2 Å². The Hall–Kier alpha value is -1.94. The van der Waals surface area contributed by atoms with Crippen LogP contribution in [0.5, 0.6) is 5.75 Å². The van der Waals surface area contributed by atoms with E-state index >= 15 is 0 Å². The van der Waals surface area contributed by atoms with Crippen LogP contribution in [0.2, 0.25) is 0 Å². The van der Waals surface area contributed by atoms with Crippen LogP contribution in [-0.2, 0) is 6.61 Å². The Kier molecular flexibility index (Phi) is 3.17. The minimum Gasteiger partial charge on any atom is -0.486 e. The average Bonchev–Trinajstić information content (AvgIpc) is 2.79. The Balaban J connectivity index is 1.80. The lowest BCUT2D eigenvalue weighted by Gasteiger charge is -2.06. The smallest absolute Gasteiger partial charge is 0.134 e. The van der Waals surface area contributed by atoms with Crippen LogP contribution in [0, 0.1) is 0 Å². The molecule has 3 nitrogen and oxygen atoms in total. The number of halogens is 1. The SMILES string of the molecule is Nc1ccc2[nH]c(COc3ccccc3Br)cc2c1. The van der Waals surface area contributed by atoms with Crippen molar-refractivity contribution in [2.24, 2.45) is 0 Å². The summed E-state index contributed by atoms with van der Waals surface area (Å²) in [4.78, 5) is 3.32. The number of anilines is 1. The topological polar surface area (TPSA) is 51.0 Å². The lowest BCUT2D eigenvalue weighted by Crippen LogP contribution is -1.95. The molecule has 2 aromatic carbocycles. The number of nitrogens with one attached hydrogen (secondary N) is 1. The third-order valence-electron chi connectivity index (χ3n) is 2.92. The summed E-state index contributed by atoms with van der Waals surface area (Å²) in [7, 11) is 0. The van der Waals surface area contributed by atoms with Gasteiger partial charge in [-0.15, -0.1) is 0 Å². The zero-order valence-corrected chi connectivity index (χ0v) is 11.8. The maximum absolute atomic E-state index is 5.77. The minimum absolute atomic E-state index is 0.497. The zero-order chi connectivity index (χ0) is 13.2. The number of rotatable bonds is 3. The summed E-state index contributed by atoms with van der Waals surface area (Å²) >= 11 is 3.46. The lowest BCUT2D eigenvalue weighted by molar-refractivity contribution is 0.300. The van der Waals surface area contributed by atoms with Gasteiger partial charge in [0, 0.05) is 16.6 Å². The monoisotopic (exact) mass is 316 g/mol. The molecule has 0 saturated heterocycles. The van der Waals surface area contributed by atoms with Gasteiger partial charge in [0.1, 0.15) is 12.4 Å². The summed E-state index contributed by atoms with van der Waals surface area (Å²) in [6, 6.07) is 15.7. The summed E-state index contributed by atoms with van der Waals surface area (Å²) in [6.07, 6.45) is 0. The highest BCUT2D eigenvalue weighted by molar-refractivity contribution is 9.10. The molecule has 3 rings (SSSR count). The van der Waals surface area contributed by atoms with Crippen molar-refractivity contribution < 1.29 is 4.74 Å². The highest BCUT2D eigenvalue weighted by atomic mass is 79.9. The Morgan fingerprint density at radius 1 is 1.11 bits per heavy atom. The van der Waals surface area contributed by atoms with Gasteiger partial charge < -0.3 is 15.5 Å². The molecule has 3 N–H and O–H groups in total. The van der Waals surface area contributed by atoms with Gasteiger partial charge in [-0.2, -0.15) is 0 Å². The number of para-hydroxylation sites is 1. The standard InChI is InChI=1S/C15H13BrN2O/c16-13-3-1-2-4-15(13)19-9-12-8-10-7-11(17)5-6-14(10)18-12/h1-8,18H,9,17H2. The second kappa shape index (κ2) is 4.97. The Bertz CT molecular complexity index is 721. The molecule has 1 heterocycles. The summed E-state index contributed by atoms with van der Waals surface area (Å²) in [5, 5.41) is 1.10. The number of fused-ring (bicyclic) bond motifs is 1. The number of hydrogen-bond donors (Lipinski definition) is 2. The van der Waals surface area contributed by atoms with Crippen LogP contribution in [0.1, 0.15) is 5.69 Å². The molecule has 0 radical (unpaired) electrons. The number of nitrogens with two attached hydrogens (primary N) is 1. The van der Waals surface area contributed by atoms with Gasteiger partial charge in [-0.05, 0) is 52.3 Å². The summed E-state index contributed by atoms with van der Waals surface area (Å²) in [5.74, 6) is 0.834. The molecular weight excluding hydrogens is 304 g/mol. The Labute approximate surface area is 119 Å². The van der Waals surface area contributed by atoms with E-state index in [4.69, 9.17) is 10.5 Å². The van der Waals surface area contributed by atoms with Crippen molar-refractivity contribution in [2.45, 2.75) is 6.61 Å². The van der Waals surface area contributed by atoms with Gasteiger partial charge in [-0.25, -0.2) is 0 Å². The zero-order valence-electron chi connectivity index (χ0n) is 10.2. The molecule has 1 aromatic heterocycles. The third-order valence-corrected chi connectivity index (χ3v) is 3.58. The molecule has 4 heteroatoms. The van der Waals surface area contributed by atoms with Crippen molar-refractivity contribution in [2.75, 3.05) is 5.73 Å². The lowest BCUT2D eigenvalue weighted by atomic mass is 10.2. The van der Waals surface area contributed by atoms with Crippen LogP contribution in [0.4, 0.5) is 5.69 Å². The molecule has 0 saturated carbocycles. The highest BCUT2D eigenvalue weighted by Gasteiger charge is 2.04. The normalized spacial score (nSPS) is 10.8. The van der Waals surface area contributed by atoms with Crippen LogP contribution in [-0.4, -0.2) is 4.98 Å². The van der Waals surface area contributed by atoms with E-state index in [0.717, 1.165) is 32.5 Å². The average molecular weight is 317 g/mol. The third kappa shape index (κ3) is 2.58. The van der Waals surface area contributed by atoms with Crippen molar-refractivity contribution in [1.29, 1.82) is 0 Å². The first-order valence-electron chi connectivity index (χ1n) is 5.97. The van der Waals surface area contributed by atoms with Gasteiger partial charge in [-0.3, -0.25) is 0 Å². The molecule has 0 amide bonds. The van der Waals surface area contributed by atoms with Gasteiger partial charge in [0.25, 0.3) is 0 Å². The predicted octanol–water partition coefficient (Wildman–Crippen LogP) is 4.09. The first-order valence-corrected chi connectivity index (χ1v) is 6.76. The number of nitrogen functional groups attached to an aromatic ring is 1. The molecule has 0 spiro atoms. The second-order valence-electron chi connectivity index (χ2n) is 4.36. The molecule has 0 aliphatic heterocycles. The second-order valence-corrected chi connectivity index (χ2v) is 5.21. The first kappa shape index (κ1) is 12.1. The van der Waals surface area contributed by atoms with Crippen molar-refractivity contribution in [3.8, 4) is 5.75 Å². The van der Waals surface area contributed by atoms with E-state index in [0.29, 0.717) is 6.61 Å². The largest absolute Gasteiger partial charge is 0.486 e. The first-order chi connectivity index (χ1) is 9.22. The van der Waals surface area contributed by atoms with Crippen molar-refractivity contribution in [3.63, 3.8) is 0 Å². The molecule has 0 bridgehead atoms. The summed E-state index contributed by atoms with van der Waals surface area (Å²) < 4.78 is 6.73. The molecule has 3 aromatic rings. The maximum atomic E-state index is 5.77. The van der Waals surface area contributed by atoms with E-state index in [1.807, 2.05) is 42.5 Å². The molecule has 0 atom stereocenters. The minimum atomic E-state index is 0.497. The molecular formula is C15H13BrN2O. The van der Waals surface area contributed by atoms with Crippen LogP contribution < -0.4 is 10.5 Å². The molecule has 19 heavy (non-hydrogen) atoms. The van der Waals surface area contributed by atoms with Gasteiger partial charge >= 0.3 is 0 Å². The summed E-state index contributed by atoms with van der Waals surface area (Å²) in [6.45, 7) is 0.497. The van der Waals surface area contributed by atoms with E-state index in [-0.39, 0.29) is 0 Å². The molecule has 0 unspecified atom stereocenters. The fourth-order valence-electron chi connectivity index (χ4n) is 2.01. The molecule has 96 valence electrons. The number of ether oxygens (including phenoxy) is 1. The van der Waals surface area contributed by atoms with E-state index in [1.165, 1.54) is 0 Å². The molecule has 0 aliphatic carbocycles. The number of hydrogen-bond acceptors (Lipinski definition) is 2. The van der Waals surface area contributed by atoms with E-state index in [2.05, 4.69) is 27.0 Å². The highest BCUT2D eigenvalue weighted by Crippen LogP contribution is 2.25. The van der Waals surface area contributed by atoms with Crippen LogP contribution in [0.3, 0.4) is 0 Å². The van der Waals surface area contributed by atoms with Crippen molar-refractivity contribution in [1.82, 2.24) is 4.98 Å². The molecule has 0 aliphatic rings. The number of aromatic amines is 1. The van der Waals surface area contributed by atoms with E-state index < -0.39 is 0 Å². The van der Waals surface area contributed by atoms with Gasteiger partial charge in [0.15, 0.2) is 0 Å². The number of benzene rings is 2. The summed E-state index contributed by atoms with van der Waals surface area (Å²) in [5.41, 5.74) is 8.63. The quantitative estimate of drug-likeness (QED) is 0.715. The van der Waals surface area contributed by atoms with Crippen molar-refractivity contribution in [3.05, 3.63) is 58.7 Å². The van der Waals surface area contributed by atoms with Crippen LogP contribution >= 0.6 is 15.9 Å². The van der Waals surface area contributed by atoms with Crippen LogP contribution in [0.15, 0.2) is 53.0 Å². The van der Waals surface area contributed by atoms with Crippen LogP contribution in [0.25, 0.3) is 10.9 Å². The maximum Gasteiger partial charge on any atom is 0.134 e. The van der Waals surface area contributed by atoms with Gasteiger partial charge in [-0.1, -0.05) is 12.1 Å². The van der Waals surface area contributed by atoms with E-state index in [9.17, 15) is 0 Å². The van der Waals surface area contributed by atoms with E-state index in [1.54, 1.807) is 0 Å². The molecule has 0 fully saturated rings. The number of aromatic nitrogens is 1. The predicted molar refractivity (Wildman–Crippen MR) is 81.2 cm³/mol. The Morgan fingerprint density at radius 3 is 2.79 bits per heavy atom. The van der Waals surface area contributed by atoms with Gasteiger partial charge in [0.2, 0.25) is 0 Å². The fraction of sp³-hybridized carbons (Fsp3) is 0.0667. The number of H-pyrrole nitrogens is 1. The fourth-order valence-corrected chi connectivity index (χ4v) is 2.41.